The molecule has 31 heavy (non-hydrogen) atoms. The van der Waals surface area contributed by atoms with Gasteiger partial charge in [-0.2, -0.15) is 13.8 Å². The summed E-state index contributed by atoms with van der Waals surface area (Å²) in [4.78, 5) is 27.1. The van der Waals surface area contributed by atoms with E-state index in [1.807, 2.05) is 0 Å². The third-order valence-corrected chi connectivity index (χ3v) is 6.10. The van der Waals surface area contributed by atoms with E-state index in [2.05, 4.69) is 4.98 Å². The predicted molar refractivity (Wildman–Crippen MR) is 101 cm³/mol. The highest BCUT2D eigenvalue weighted by Crippen LogP contribution is 2.59. The molecule has 0 unspecified atom stereocenters. The normalized spacial score (nSPS) is 30.7. The van der Waals surface area contributed by atoms with E-state index in [0.717, 1.165) is 6.20 Å². The summed E-state index contributed by atoms with van der Waals surface area (Å²) >= 11 is 0. The van der Waals surface area contributed by atoms with Gasteiger partial charge in [-0.15, -0.1) is 0 Å². The van der Waals surface area contributed by atoms with E-state index in [1.54, 1.807) is 20.8 Å². The van der Waals surface area contributed by atoms with Crippen LogP contribution in [0.25, 0.3) is 0 Å². The summed E-state index contributed by atoms with van der Waals surface area (Å²) in [6, 6.07) is 1.17. The number of nitrogens with zero attached hydrogens (tertiary/aromatic N) is 2. The molecule has 2 N–H and O–H groups in total. The second-order valence-electron chi connectivity index (χ2n) is 7.52. The van der Waals surface area contributed by atoms with Gasteiger partial charge in [-0.1, -0.05) is 6.92 Å². The molecule has 5 atom stereocenters. The zero-order valence-electron chi connectivity index (χ0n) is 17.1. The number of fused-ring (bicyclic) bond motifs is 1. The molecule has 3 rings (SSSR count). The van der Waals surface area contributed by atoms with Crippen molar-refractivity contribution >= 4 is 19.6 Å². The van der Waals surface area contributed by atoms with Crippen LogP contribution in [0.15, 0.2) is 17.1 Å². The number of carbonyl (C=O) groups is 1. The monoisotopic (exact) mass is 467 g/mol. The molecule has 2 fully saturated rings. The maximum atomic E-state index is 15.0. The molecular weight excluding hydrogens is 443 g/mol. The summed E-state index contributed by atoms with van der Waals surface area (Å²) in [5, 5.41) is 0. The van der Waals surface area contributed by atoms with Crippen LogP contribution in [0.4, 0.5) is 14.6 Å². The average Bonchev–Trinajstić information content (AvgIpc) is 2.91. The van der Waals surface area contributed by atoms with Gasteiger partial charge in [0.15, 0.2) is 6.10 Å². The van der Waals surface area contributed by atoms with Crippen molar-refractivity contribution in [1.29, 1.82) is 0 Å². The molecule has 2 aliphatic heterocycles. The van der Waals surface area contributed by atoms with Crippen LogP contribution >= 0.6 is 7.82 Å². The van der Waals surface area contributed by atoms with Crippen LogP contribution in [-0.2, 0) is 32.4 Å². The SMILES string of the molecule is CC(C)OC(=O)[C@@H](C)CCO[P@]1(=O)OC[C@H]2O[C@@H](n3ccc(N)nc3=O)C(F)(F)[C@@H]2O1. The molecule has 0 bridgehead atoms. The number of nitrogen functional groups attached to an aromatic ring is 1. The Morgan fingerprint density at radius 2 is 2.16 bits per heavy atom. The fourth-order valence-corrected chi connectivity index (χ4v) is 4.45. The molecule has 2 saturated heterocycles. The summed E-state index contributed by atoms with van der Waals surface area (Å²) < 4.78 is 68.6. The van der Waals surface area contributed by atoms with Crippen molar-refractivity contribution in [3.8, 4) is 0 Å². The Labute approximate surface area is 176 Å². The van der Waals surface area contributed by atoms with Gasteiger partial charge in [0.1, 0.15) is 11.9 Å². The second-order valence-corrected chi connectivity index (χ2v) is 9.14. The van der Waals surface area contributed by atoms with Crippen molar-refractivity contribution < 1.29 is 41.2 Å². The van der Waals surface area contributed by atoms with E-state index >= 15 is 0 Å². The first-order valence-corrected chi connectivity index (χ1v) is 11.0. The van der Waals surface area contributed by atoms with E-state index in [9.17, 15) is 22.9 Å². The van der Waals surface area contributed by atoms with Gasteiger partial charge in [-0.3, -0.25) is 22.9 Å². The molecule has 1 aromatic heterocycles. The highest BCUT2D eigenvalue weighted by molar-refractivity contribution is 7.48. The molecule has 1 aromatic rings. The van der Waals surface area contributed by atoms with Crippen LogP contribution in [0.2, 0.25) is 0 Å². The molecule has 0 amide bonds. The number of alkyl halides is 2. The van der Waals surface area contributed by atoms with Crippen LogP contribution in [0.1, 0.15) is 33.4 Å². The fourth-order valence-electron chi connectivity index (χ4n) is 3.05. The van der Waals surface area contributed by atoms with Crippen molar-refractivity contribution in [3.05, 3.63) is 22.7 Å². The summed E-state index contributed by atoms with van der Waals surface area (Å²) in [6.07, 6.45) is -4.49. The summed E-state index contributed by atoms with van der Waals surface area (Å²) in [7, 11) is -4.35. The molecule has 0 spiro atoms. The smallest absolute Gasteiger partial charge is 0.463 e. The predicted octanol–water partition coefficient (Wildman–Crippen LogP) is 1.88. The minimum atomic E-state index is -4.35. The lowest BCUT2D eigenvalue weighted by Gasteiger charge is -2.31. The van der Waals surface area contributed by atoms with Crippen LogP contribution in [0.5, 0.6) is 0 Å². The number of phosphoric ester groups is 1. The number of aromatic nitrogens is 2. The number of hydrogen-bond donors (Lipinski definition) is 1. The molecule has 2 aliphatic rings. The Kier molecular flexibility index (Phi) is 6.82. The first-order chi connectivity index (χ1) is 14.4. The van der Waals surface area contributed by atoms with Gasteiger partial charge >= 0.3 is 25.4 Å². The van der Waals surface area contributed by atoms with Gasteiger partial charge in [0, 0.05) is 6.20 Å². The number of esters is 1. The molecule has 0 radical (unpaired) electrons. The van der Waals surface area contributed by atoms with Crippen LogP contribution in [0, 0.1) is 5.92 Å². The maximum absolute atomic E-state index is 15.0. The number of ether oxygens (including phenoxy) is 2. The van der Waals surface area contributed by atoms with Crippen molar-refractivity contribution in [2.24, 2.45) is 5.92 Å². The van der Waals surface area contributed by atoms with Gasteiger partial charge in [-0.25, -0.2) is 9.36 Å². The zero-order valence-corrected chi connectivity index (χ0v) is 18.0. The standard InChI is InChI=1S/C17H24F2N3O8P/c1-9(2)28-14(23)10(3)5-7-26-31(25)27-8-11-13(30-31)17(18,19)15(29-11)22-6-4-12(20)21-16(22)24/h4,6,9-11,13,15H,5,7-8H2,1-3H3,(H2,20,21,24)/t10-,11+,13+,15+,31+/m0/s1. The highest BCUT2D eigenvalue weighted by atomic mass is 31.2. The van der Waals surface area contributed by atoms with Gasteiger partial charge in [-0.05, 0) is 26.3 Å². The van der Waals surface area contributed by atoms with E-state index in [-0.39, 0.29) is 24.9 Å². The largest absolute Gasteiger partial charge is 0.475 e. The van der Waals surface area contributed by atoms with Crippen LogP contribution in [0.3, 0.4) is 0 Å². The van der Waals surface area contributed by atoms with Crippen LogP contribution < -0.4 is 11.4 Å². The van der Waals surface area contributed by atoms with Crippen LogP contribution in [-0.4, -0.2) is 53.0 Å². The second kappa shape index (κ2) is 8.91. The number of anilines is 1. The van der Waals surface area contributed by atoms with E-state index in [1.165, 1.54) is 6.07 Å². The van der Waals surface area contributed by atoms with Gasteiger partial charge < -0.3 is 15.2 Å². The molecule has 0 aliphatic carbocycles. The first kappa shape index (κ1) is 23.7. The molecule has 3 heterocycles. The van der Waals surface area contributed by atoms with E-state index in [4.69, 9.17) is 28.8 Å². The summed E-state index contributed by atoms with van der Waals surface area (Å²) in [6.45, 7) is 4.23. The van der Waals surface area contributed by atoms with Crippen molar-refractivity contribution in [2.75, 3.05) is 18.9 Å². The Morgan fingerprint density at radius 3 is 2.81 bits per heavy atom. The van der Waals surface area contributed by atoms with Gasteiger partial charge in [0.2, 0.25) is 6.23 Å². The molecule has 174 valence electrons. The lowest BCUT2D eigenvalue weighted by Crippen LogP contribution is -2.45. The molecule has 0 saturated carbocycles. The molecule has 11 nitrogen and oxygen atoms in total. The average molecular weight is 467 g/mol. The lowest BCUT2D eigenvalue weighted by atomic mass is 10.1. The van der Waals surface area contributed by atoms with Gasteiger partial charge in [0.05, 0.1) is 25.2 Å². The van der Waals surface area contributed by atoms with Crippen molar-refractivity contribution in [2.45, 2.75) is 57.7 Å². The molecule has 14 heteroatoms. The Hall–Kier alpha value is -1.92. The first-order valence-electron chi connectivity index (χ1n) is 9.59. The number of rotatable bonds is 7. The number of hydrogen-bond acceptors (Lipinski definition) is 10. The minimum Gasteiger partial charge on any atom is -0.463 e. The summed E-state index contributed by atoms with van der Waals surface area (Å²) in [5.41, 5.74) is 4.34. The number of phosphoric acid groups is 1. The number of carbonyl (C=O) groups excluding carboxylic acids is 1. The van der Waals surface area contributed by atoms with Gasteiger partial charge in [0.25, 0.3) is 0 Å². The highest BCUT2D eigenvalue weighted by Gasteiger charge is 2.65. The topological polar surface area (TPSA) is 141 Å². The molecule has 0 aromatic carbocycles. The minimum absolute atomic E-state index is 0.110. The maximum Gasteiger partial charge on any atom is 0.475 e. The zero-order chi connectivity index (χ0) is 23.0. The van der Waals surface area contributed by atoms with Crippen molar-refractivity contribution in [1.82, 2.24) is 9.55 Å². The Balaban J connectivity index is 1.64. The number of halogens is 2. The number of nitrogens with two attached hydrogens (primary N) is 1. The Morgan fingerprint density at radius 1 is 1.45 bits per heavy atom. The van der Waals surface area contributed by atoms with E-state index in [0.29, 0.717) is 4.57 Å². The van der Waals surface area contributed by atoms with Crippen molar-refractivity contribution in [3.63, 3.8) is 0 Å². The lowest BCUT2D eigenvalue weighted by molar-refractivity contribution is -0.152. The Bertz CT molecular complexity index is 927. The quantitative estimate of drug-likeness (QED) is 0.467. The molecular formula is C17H24F2N3O8P. The fraction of sp³-hybridized carbons (Fsp3) is 0.706. The third kappa shape index (κ3) is 5.12. The van der Waals surface area contributed by atoms with E-state index < -0.39 is 56.4 Å². The third-order valence-electron chi connectivity index (χ3n) is 4.65. The summed E-state index contributed by atoms with van der Waals surface area (Å²) in [5.74, 6) is -4.92.